The first-order valence-corrected chi connectivity index (χ1v) is 9.51. The fourth-order valence-electron chi connectivity index (χ4n) is 4.45. The average Bonchev–Trinajstić information content (AvgIpc) is 3.03. The summed E-state index contributed by atoms with van der Waals surface area (Å²) in [4.78, 5) is 28.3. The Morgan fingerprint density at radius 2 is 1.80 bits per heavy atom. The van der Waals surface area contributed by atoms with Gasteiger partial charge in [-0.05, 0) is 62.0 Å². The van der Waals surface area contributed by atoms with Crippen molar-refractivity contribution in [2.75, 3.05) is 27.2 Å². The Labute approximate surface area is 151 Å². The highest BCUT2D eigenvalue weighted by Crippen LogP contribution is 2.47. The Bertz CT molecular complexity index is 617. The van der Waals surface area contributed by atoms with Crippen LogP contribution in [0.1, 0.15) is 55.4 Å². The SMILES string of the molecule is CN(C)C(=O)CC1CCC2(CC1)CCN(C(=O)c1cccn1C)CC2. The molecule has 5 heteroatoms. The molecule has 1 aromatic rings. The largest absolute Gasteiger partial charge is 0.349 e. The maximum Gasteiger partial charge on any atom is 0.270 e. The minimum Gasteiger partial charge on any atom is -0.349 e. The van der Waals surface area contributed by atoms with Crippen molar-refractivity contribution in [3.8, 4) is 0 Å². The quantitative estimate of drug-likeness (QED) is 0.845. The molecule has 3 rings (SSSR count). The van der Waals surface area contributed by atoms with Crippen molar-refractivity contribution < 1.29 is 9.59 Å². The molecule has 0 N–H and O–H groups in total. The van der Waals surface area contributed by atoms with Crippen LogP contribution >= 0.6 is 0 Å². The molecular weight excluding hydrogens is 314 g/mol. The van der Waals surface area contributed by atoms with Gasteiger partial charge in [0, 0.05) is 46.9 Å². The number of nitrogens with zero attached hydrogens (tertiary/aromatic N) is 3. The van der Waals surface area contributed by atoms with Crippen LogP contribution in [0.5, 0.6) is 0 Å². The molecule has 2 aliphatic rings. The van der Waals surface area contributed by atoms with Gasteiger partial charge in [0.15, 0.2) is 0 Å². The van der Waals surface area contributed by atoms with E-state index in [-0.39, 0.29) is 11.8 Å². The molecule has 1 spiro atoms. The molecule has 1 saturated heterocycles. The molecule has 0 radical (unpaired) electrons. The number of carbonyl (C=O) groups excluding carboxylic acids is 2. The molecule has 25 heavy (non-hydrogen) atoms. The highest BCUT2D eigenvalue weighted by atomic mass is 16.2. The minimum atomic E-state index is 0.160. The fraction of sp³-hybridized carbons (Fsp3) is 0.700. The van der Waals surface area contributed by atoms with E-state index in [2.05, 4.69) is 0 Å². The average molecular weight is 345 g/mol. The predicted octanol–water partition coefficient (Wildman–Crippen LogP) is 2.92. The van der Waals surface area contributed by atoms with E-state index in [1.54, 1.807) is 4.90 Å². The lowest BCUT2D eigenvalue weighted by Crippen LogP contribution is -2.45. The van der Waals surface area contributed by atoms with Crippen molar-refractivity contribution >= 4 is 11.8 Å². The number of aromatic nitrogens is 1. The number of amides is 2. The van der Waals surface area contributed by atoms with Crippen molar-refractivity contribution in [1.82, 2.24) is 14.4 Å². The second-order valence-corrected chi connectivity index (χ2v) is 8.23. The lowest BCUT2D eigenvalue weighted by molar-refractivity contribution is -0.130. The smallest absolute Gasteiger partial charge is 0.270 e. The summed E-state index contributed by atoms with van der Waals surface area (Å²) in [5.41, 5.74) is 1.18. The molecule has 2 amide bonds. The van der Waals surface area contributed by atoms with Crippen LogP contribution in [0.4, 0.5) is 0 Å². The molecule has 138 valence electrons. The fourth-order valence-corrected chi connectivity index (χ4v) is 4.45. The second kappa shape index (κ2) is 7.22. The van der Waals surface area contributed by atoms with Gasteiger partial charge in [0.25, 0.3) is 5.91 Å². The lowest BCUT2D eigenvalue weighted by atomic mass is 9.65. The van der Waals surface area contributed by atoms with E-state index < -0.39 is 0 Å². The molecule has 1 aliphatic heterocycles. The third kappa shape index (κ3) is 3.91. The number of likely N-dealkylation sites (tertiary alicyclic amines) is 1. The number of hydrogen-bond acceptors (Lipinski definition) is 2. The van der Waals surface area contributed by atoms with E-state index in [1.165, 1.54) is 12.8 Å². The normalized spacial score (nSPS) is 20.7. The Hall–Kier alpha value is -1.78. The van der Waals surface area contributed by atoms with Crippen LogP contribution in [-0.2, 0) is 11.8 Å². The predicted molar refractivity (Wildman–Crippen MR) is 98.3 cm³/mol. The summed E-state index contributed by atoms with van der Waals surface area (Å²) in [6.07, 6.45) is 9.58. The van der Waals surface area contributed by atoms with Gasteiger partial charge in [-0.25, -0.2) is 0 Å². The van der Waals surface area contributed by atoms with Gasteiger partial charge in [-0.2, -0.15) is 0 Å². The van der Waals surface area contributed by atoms with Crippen molar-refractivity contribution in [3.63, 3.8) is 0 Å². The number of piperidine rings is 1. The van der Waals surface area contributed by atoms with Gasteiger partial charge in [0.2, 0.25) is 5.91 Å². The third-order valence-electron chi connectivity index (χ3n) is 6.40. The number of rotatable bonds is 3. The van der Waals surface area contributed by atoms with Crippen LogP contribution < -0.4 is 0 Å². The van der Waals surface area contributed by atoms with Crippen LogP contribution in [0, 0.1) is 11.3 Å². The van der Waals surface area contributed by atoms with E-state index in [4.69, 9.17) is 0 Å². The monoisotopic (exact) mass is 345 g/mol. The molecule has 1 aliphatic carbocycles. The van der Waals surface area contributed by atoms with Crippen molar-refractivity contribution in [3.05, 3.63) is 24.0 Å². The van der Waals surface area contributed by atoms with E-state index in [9.17, 15) is 9.59 Å². The van der Waals surface area contributed by atoms with Crippen LogP contribution in [0.25, 0.3) is 0 Å². The summed E-state index contributed by atoms with van der Waals surface area (Å²) in [6, 6.07) is 3.83. The Morgan fingerprint density at radius 3 is 2.32 bits per heavy atom. The van der Waals surface area contributed by atoms with Gasteiger partial charge in [-0.15, -0.1) is 0 Å². The van der Waals surface area contributed by atoms with Gasteiger partial charge in [0.1, 0.15) is 5.69 Å². The maximum absolute atomic E-state index is 12.7. The van der Waals surface area contributed by atoms with E-state index in [0.717, 1.165) is 44.5 Å². The van der Waals surface area contributed by atoms with Gasteiger partial charge < -0.3 is 14.4 Å². The first-order valence-electron chi connectivity index (χ1n) is 9.51. The van der Waals surface area contributed by atoms with Crippen LogP contribution in [0.3, 0.4) is 0 Å². The van der Waals surface area contributed by atoms with Gasteiger partial charge in [-0.1, -0.05) is 0 Å². The zero-order valence-electron chi connectivity index (χ0n) is 15.8. The molecule has 2 heterocycles. The topological polar surface area (TPSA) is 45.6 Å². The zero-order chi connectivity index (χ0) is 18.0. The number of carbonyl (C=O) groups is 2. The number of aryl methyl sites for hydroxylation is 1. The summed E-state index contributed by atoms with van der Waals surface area (Å²) in [7, 11) is 5.60. The first-order chi connectivity index (χ1) is 11.9. The molecule has 2 fully saturated rings. The first kappa shape index (κ1) is 18.0. The van der Waals surface area contributed by atoms with E-state index >= 15 is 0 Å². The summed E-state index contributed by atoms with van der Waals surface area (Å²) in [6.45, 7) is 1.73. The van der Waals surface area contributed by atoms with Crippen molar-refractivity contribution in [1.29, 1.82) is 0 Å². The van der Waals surface area contributed by atoms with Crippen molar-refractivity contribution in [2.24, 2.45) is 18.4 Å². The Balaban J connectivity index is 1.50. The van der Waals surface area contributed by atoms with Gasteiger partial charge in [-0.3, -0.25) is 9.59 Å². The molecule has 1 aromatic heterocycles. The van der Waals surface area contributed by atoms with Gasteiger partial charge >= 0.3 is 0 Å². The zero-order valence-corrected chi connectivity index (χ0v) is 15.8. The molecule has 5 nitrogen and oxygen atoms in total. The Kier molecular flexibility index (Phi) is 5.21. The van der Waals surface area contributed by atoms with Gasteiger partial charge in [0.05, 0.1) is 0 Å². The van der Waals surface area contributed by atoms with Crippen molar-refractivity contribution in [2.45, 2.75) is 44.9 Å². The molecule has 0 unspecified atom stereocenters. The lowest BCUT2D eigenvalue weighted by Gasteiger charge is -2.46. The Morgan fingerprint density at radius 1 is 1.16 bits per heavy atom. The van der Waals surface area contributed by atoms with E-state index in [0.29, 0.717) is 17.8 Å². The molecule has 0 atom stereocenters. The third-order valence-corrected chi connectivity index (χ3v) is 6.40. The highest BCUT2D eigenvalue weighted by Gasteiger charge is 2.39. The maximum atomic E-state index is 12.7. The van der Waals surface area contributed by atoms with E-state index in [1.807, 2.05) is 48.9 Å². The summed E-state index contributed by atoms with van der Waals surface area (Å²) in [5, 5.41) is 0. The highest BCUT2D eigenvalue weighted by molar-refractivity contribution is 5.92. The summed E-state index contributed by atoms with van der Waals surface area (Å²) < 4.78 is 1.90. The summed E-state index contributed by atoms with van der Waals surface area (Å²) >= 11 is 0. The summed E-state index contributed by atoms with van der Waals surface area (Å²) in [5.74, 6) is 0.958. The molecule has 0 aromatic carbocycles. The van der Waals surface area contributed by atoms with Crippen LogP contribution in [0.15, 0.2) is 18.3 Å². The molecule has 0 bridgehead atoms. The van der Waals surface area contributed by atoms with Crippen LogP contribution in [0.2, 0.25) is 0 Å². The molecular formula is C20H31N3O2. The second-order valence-electron chi connectivity index (χ2n) is 8.23. The van der Waals surface area contributed by atoms with Crippen LogP contribution in [-0.4, -0.2) is 53.4 Å². The number of hydrogen-bond donors (Lipinski definition) is 0. The molecule has 1 saturated carbocycles. The standard InChI is InChI=1S/C20H31N3O2/c1-21(2)18(24)15-16-6-8-20(9-7-16)10-13-23(14-11-20)19(25)17-5-4-12-22(17)3/h4-5,12,16H,6-11,13-15H2,1-3H3. The minimum absolute atomic E-state index is 0.160.